The van der Waals surface area contributed by atoms with Crippen molar-refractivity contribution >= 4 is 29.9 Å². The molecule has 0 aliphatic rings. The molecule has 0 saturated heterocycles. The third kappa shape index (κ3) is 4.28. The largest absolute Gasteiger partial charge is 0.480 e. The van der Waals surface area contributed by atoms with Gasteiger partial charge in [-0.3, -0.25) is 4.79 Å². The first kappa shape index (κ1) is 11.0. The summed E-state index contributed by atoms with van der Waals surface area (Å²) in [4.78, 5) is 9.65. The van der Waals surface area contributed by atoms with E-state index in [0.29, 0.717) is 0 Å². The molecule has 8 heavy (non-hydrogen) atoms. The lowest BCUT2D eigenvalue weighted by molar-refractivity contribution is -0.139. The topological polar surface area (TPSA) is 83.5 Å². The Labute approximate surface area is 63.7 Å². The monoisotopic (exact) mass is 233 g/mol. The number of aliphatic carboxylic acids is 1. The molecule has 5 heteroatoms. The van der Waals surface area contributed by atoms with Gasteiger partial charge in [-0.25, -0.2) is 0 Å². The summed E-state index contributed by atoms with van der Waals surface area (Å²) in [6, 6.07) is -1.13. The molecule has 0 rings (SSSR count). The Morgan fingerprint density at radius 1 is 1.75 bits per heavy atom. The third-order valence-corrected chi connectivity index (χ3v) is 0.514. The van der Waals surface area contributed by atoms with E-state index in [1.807, 2.05) is 0 Å². The minimum Gasteiger partial charge on any atom is -0.480 e. The second kappa shape index (κ2) is 5.26. The molecule has 0 fully saturated rings. The minimum atomic E-state index is -1.18. The Kier molecular flexibility index (Phi) is 7.23. The van der Waals surface area contributed by atoms with Gasteiger partial charge in [0.15, 0.2) is 0 Å². The van der Waals surface area contributed by atoms with Crippen molar-refractivity contribution in [3.8, 4) is 0 Å². The molecule has 0 heterocycles. The number of rotatable bonds is 2. The number of halogens is 1. The molecule has 0 spiro atoms. The van der Waals surface area contributed by atoms with Crippen LogP contribution >= 0.6 is 24.0 Å². The number of aliphatic hydroxyl groups is 1. The van der Waals surface area contributed by atoms with Crippen molar-refractivity contribution in [2.24, 2.45) is 5.73 Å². The van der Waals surface area contributed by atoms with Gasteiger partial charge < -0.3 is 15.9 Å². The van der Waals surface area contributed by atoms with Crippen LogP contribution in [0.3, 0.4) is 0 Å². The maximum absolute atomic E-state index is 9.65. The van der Waals surface area contributed by atoms with Crippen LogP contribution in [0, 0.1) is 0 Å². The zero-order chi connectivity index (χ0) is 5.86. The van der Waals surface area contributed by atoms with E-state index in [9.17, 15) is 4.79 Å². The standard InChI is InChI=1S/C3H7NO3.HI/c4-2(1-5)3(6)7;/h2,5H,1,4H2,(H,6,7);1H/t2-;/m0./s1. The molecule has 0 aromatic heterocycles. The van der Waals surface area contributed by atoms with Gasteiger partial charge in [-0.15, -0.1) is 24.0 Å². The molecule has 0 bridgehead atoms. The van der Waals surface area contributed by atoms with Gasteiger partial charge in [0, 0.05) is 0 Å². The number of carbonyl (C=O) groups is 1. The Bertz CT molecular complexity index is 76.9. The number of hydrogen-bond acceptors (Lipinski definition) is 3. The zero-order valence-corrected chi connectivity index (χ0v) is 6.40. The number of aliphatic hydroxyl groups excluding tert-OH is 1. The first-order valence-electron chi connectivity index (χ1n) is 1.77. The Balaban J connectivity index is 0. The van der Waals surface area contributed by atoms with Gasteiger partial charge in [0.1, 0.15) is 6.04 Å². The second-order valence-corrected chi connectivity index (χ2v) is 1.13. The fourth-order valence-electron chi connectivity index (χ4n) is 0.0781. The summed E-state index contributed by atoms with van der Waals surface area (Å²) >= 11 is 0. The van der Waals surface area contributed by atoms with Crippen molar-refractivity contribution in [3.63, 3.8) is 0 Å². The molecule has 0 aromatic carbocycles. The van der Waals surface area contributed by atoms with Crippen molar-refractivity contribution in [2.45, 2.75) is 6.04 Å². The lowest BCUT2D eigenvalue weighted by Crippen LogP contribution is -2.33. The molecular weight excluding hydrogens is 225 g/mol. The molecular formula is C3H8INO3. The fourth-order valence-corrected chi connectivity index (χ4v) is 0.0781. The van der Waals surface area contributed by atoms with E-state index >= 15 is 0 Å². The number of nitrogens with two attached hydrogens (primary N) is 1. The molecule has 4 N–H and O–H groups in total. The lowest BCUT2D eigenvalue weighted by Gasteiger charge is -1.96. The van der Waals surface area contributed by atoms with Crippen molar-refractivity contribution < 1.29 is 15.0 Å². The highest BCUT2D eigenvalue weighted by molar-refractivity contribution is 14.0. The van der Waals surface area contributed by atoms with Crippen LogP contribution in [0.15, 0.2) is 0 Å². The summed E-state index contributed by atoms with van der Waals surface area (Å²) in [5.74, 6) is -1.18. The van der Waals surface area contributed by atoms with E-state index in [4.69, 9.17) is 15.9 Å². The zero-order valence-electron chi connectivity index (χ0n) is 4.07. The van der Waals surface area contributed by atoms with Crippen LogP contribution in [0.1, 0.15) is 0 Å². The number of carboxylic acid groups (broad SMARTS) is 1. The second-order valence-electron chi connectivity index (χ2n) is 1.13. The number of hydrogen-bond donors (Lipinski definition) is 3. The number of carboxylic acids is 1. The normalized spacial score (nSPS) is 11.8. The molecule has 0 unspecified atom stereocenters. The summed E-state index contributed by atoms with van der Waals surface area (Å²) in [6.45, 7) is -0.505. The van der Waals surface area contributed by atoms with Crippen LogP contribution < -0.4 is 5.73 Å². The Morgan fingerprint density at radius 2 is 2.12 bits per heavy atom. The molecule has 0 amide bonds. The molecule has 0 aromatic rings. The Morgan fingerprint density at radius 3 is 2.12 bits per heavy atom. The highest BCUT2D eigenvalue weighted by Crippen LogP contribution is 1.71. The van der Waals surface area contributed by atoms with Crippen LogP contribution in [-0.4, -0.2) is 28.8 Å². The first-order valence-corrected chi connectivity index (χ1v) is 1.77. The quantitative estimate of drug-likeness (QED) is 0.534. The molecule has 0 aliphatic carbocycles. The maximum Gasteiger partial charge on any atom is 0.322 e. The molecule has 1 atom stereocenters. The Hall–Kier alpha value is 0.120. The van der Waals surface area contributed by atoms with Crippen molar-refractivity contribution in [2.75, 3.05) is 6.61 Å². The van der Waals surface area contributed by atoms with Crippen molar-refractivity contribution in [3.05, 3.63) is 0 Å². The summed E-state index contributed by atoms with van der Waals surface area (Å²) in [5, 5.41) is 15.9. The van der Waals surface area contributed by atoms with E-state index in [-0.39, 0.29) is 24.0 Å². The smallest absolute Gasteiger partial charge is 0.322 e. The van der Waals surface area contributed by atoms with E-state index in [0.717, 1.165) is 0 Å². The SMILES string of the molecule is I.N[C@@H](CO)C(=O)O. The van der Waals surface area contributed by atoms with Gasteiger partial charge in [0.2, 0.25) is 0 Å². The van der Waals surface area contributed by atoms with Gasteiger partial charge in [0.05, 0.1) is 6.61 Å². The highest BCUT2D eigenvalue weighted by Gasteiger charge is 2.06. The molecule has 0 saturated carbocycles. The van der Waals surface area contributed by atoms with E-state index in [1.54, 1.807) is 0 Å². The molecule has 50 valence electrons. The fraction of sp³-hybridized carbons (Fsp3) is 0.667. The van der Waals surface area contributed by atoms with Gasteiger partial charge >= 0.3 is 5.97 Å². The minimum absolute atomic E-state index is 0. The highest BCUT2D eigenvalue weighted by atomic mass is 127. The van der Waals surface area contributed by atoms with Gasteiger partial charge in [0.25, 0.3) is 0 Å². The summed E-state index contributed by atoms with van der Waals surface area (Å²) in [5.41, 5.74) is 4.77. The average molecular weight is 233 g/mol. The predicted octanol–water partition coefficient (Wildman–Crippen LogP) is -0.991. The summed E-state index contributed by atoms with van der Waals surface area (Å²) in [6.07, 6.45) is 0. The maximum atomic E-state index is 9.65. The lowest BCUT2D eigenvalue weighted by atomic mass is 10.3. The summed E-state index contributed by atoms with van der Waals surface area (Å²) in [7, 11) is 0. The van der Waals surface area contributed by atoms with Crippen LogP contribution in [0.2, 0.25) is 0 Å². The van der Waals surface area contributed by atoms with Crippen molar-refractivity contribution in [1.29, 1.82) is 0 Å². The van der Waals surface area contributed by atoms with Crippen molar-refractivity contribution in [1.82, 2.24) is 0 Å². The van der Waals surface area contributed by atoms with E-state index in [1.165, 1.54) is 0 Å². The molecule has 4 nitrogen and oxygen atoms in total. The van der Waals surface area contributed by atoms with Gasteiger partial charge in [-0.05, 0) is 0 Å². The summed E-state index contributed by atoms with van der Waals surface area (Å²) < 4.78 is 0. The first-order chi connectivity index (χ1) is 3.18. The molecule has 0 radical (unpaired) electrons. The predicted molar refractivity (Wildman–Crippen MR) is 38.1 cm³/mol. The average Bonchev–Trinajstić information content (AvgIpc) is 1.65. The van der Waals surface area contributed by atoms with E-state index < -0.39 is 18.6 Å². The van der Waals surface area contributed by atoms with E-state index in [2.05, 4.69) is 0 Å². The van der Waals surface area contributed by atoms with Crippen LogP contribution in [0.25, 0.3) is 0 Å². The van der Waals surface area contributed by atoms with Crippen LogP contribution in [0.5, 0.6) is 0 Å². The van der Waals surface area contributed by atoms with Crippen LogP contribution in [0.4, 0.5) is 0 Å². The van der Waals surface area contributed by atoms with Crippen LogP contribution in [-0.2, 0) is 4.79 Å². The molecule has 0 aliphatic heterocycles. The van der Waals surface area contributed by atoms with Gasteiger partial charge in [-0.1, -0.05) is 0 Å². The third-order valence-electron chi connectivity index (χ3n) is 0.514. The van der Waals surface area contributed by atoms with Gasteiger partial charge in [-0.2, -0.15) is 0 Å².